The first-order chi connectivity index (χ1) is 15.9. The molecule has 0 radical (unpaired) electrons. The number of hydrogen-bond acceptors (Lipinski definition) is 13. The zero-order valence-electron chi connectivity index (χ0n) is 19.5. The summed E-state index contributed by atoms with van der Waals surface area (Å²) >= 11 is 0. The summed E-state index contributed by atoms with van der Waals surface area (Å²) in [4.78, 5) is 23.2. The highest BCUT2D eigenvalue weighted by atomic mass is 16.6. The van der Waals surface area contributed by atoms with Gasteiger partial charge in [0.2, 0.25) is 0 Å². The molecule has 0 aliphatic rings. The largest absolute Gasteiger partial charge is 0.463 e. The lowest BCUT2D eigenvalue weighted by Crippen LogP contribution is -2.44. The molecule has 0 fully saturated rings. The zero-order valence-corrected chi connectivity index (χ0v) is 19.5. The van der Waals surface area contributed by atoms with Gasteiger partial charge < -0.3 is 41.4 Å². The Morgan fingerprint density at radius 3 is 2.03 bits per heavy atom. The van der Waals surface area contributed by atoms with E-state index in [1.165, 1.54) is 0 Å². The van der Waals surface area contributed by atoms with Gasteiger partial charge in [-0.1, -0.05) is 0 Å². The number of carbonyl (C=O) groups excluding carboxylic acids is 2. The molecule has 0 heterocycles. The Morgan fingerprint density at radius 1 is 0.848 bits per heavy atom. The molecule has 1 unspecified atom stereocenters. The van der Waals surface area contributed by atoms with E-state index in [4.69, 9.17) is 32.0 Å². The molecule has 1 atom stereocenters. The van der Waals surface area contributed by atoms with Gasteiger partial charge in [0.1, 0.15) is 19.3 Å². The van der Waals surface area contributed by atoms with Crippen molar-refractivity contribution in [3.63, 3.8) is 0 Å². The highest BCUT2D eigenvalue weighted by molar-refractivity contribution is 5.69. The van der Waals surface area contributed by atoms with Gasteiger partial charge in [-0.3, -0.25) is 10.6 Å². The molecule has 0 rings (SSSR count). The number of ether oxygens (including phenoxy) is 2. The maximum Gasteiger partial charge on any atom is 0.424 e. The van der Waals surface area contributed by atoms with E-state index in [1.54, 1.807) is 5.01 Å². The molecule has 14 nitrogen and oxygen atoms in total. The number of carbonyl (C=O) groups is 2. The fourth-order valence-corrected chi connectivity index (χ4v) is 2.46. The van der Waals surface area contributed by atoms with Crippen LogP contribution in [0, 0.1) is 0 Å². The number of hydrazine groups is 2. The second-order valence-corrected chi connectivity index (χ2v) is 7.36. The zero-order chi connectivity index (χ0) is 24.7. The molecule has 14 heteroatoms. The van der Waals surface area contributed by atoms with Gasteiger partial charge in [0.05, 0.1) is 6.54 Å². The van der Waals surface area contributed by atoms with Crippen LogP contribution in [0.25, 0.3) is 0 Å². The van der Waals surface area contributed by atoms with Crippen molar-refractivity contribution in [2.75, 3.05) is 85.3 Å². The number of aliphatic hydroxyl groups is 2. The number of aliphatic hydroxyl groups excluding tert-OH is 2. The van der Waals surface area contributed by atoms with E-state index in [0.29, 0.717) is 39.0 Å². The van der Waals surface area contributed by atoms with E-state index < -0.39 is 18.2 Å². The summed E-state index contributed by atoms with van der Waals surface area (Å²) in [5.74, 6) is 10.9. The van der Waals surface area contributed by atoms with Crippen LogP contribution in [0.1, 0.15) is 19.3 Å². The van der Waals surface area contributed by atoms with Gasteiger partial charge in [0, 0.05) is 71.9 Å². The van der Waals surface area contributed by atoms with Crippen LogP contribution >= 0.6 is 0 Å². The van der Waals surface area contributed by atoms with Gasteiger partial charge in [0.15, 0.2) is 0 Å². The van der Waals surface area contributed by atoms with E-state index in [9.17, 15) is 14.7 Å². The quantitative estimate of drug-likeness (QED) is 0.0246. The monoisotopic (exact) mass is 480 g/mol. The fraction of sp³-hybridized carbons (Fsp3) is 0.895. The predicted molar refractivity (Wildman–Crippen MR) is 124 cm³/mol. The number of esters is 1. The van der Waals surface area contributed by atoms with Gasteiger partial charge >= 0.3 is 12.1 Å². The topological polar surface area (TPSA) is 214 Å². The molecule has 196 valence electrons. The summed E-state index contributed by atoms with van der Waals surface area (Å²) in [6.07, 6.45) is -0.740. The molecule has 0 spiro atoms. The first kappa shape index (κ1) is 31.4. The minimum absolute atomic E-state index is 0.0111. The first-order valence-electron chi connectivity index (χ1n) is 11.4. The summed E-state index contributed by atoms with van der Waals surface area (Å²) in [5.41, 5.74) is 5.42. The third kappa shape index (κ3) is 20.7. The van der Waals surface area contributed by atoms with Crippen molar-refractivity contribution >= 4 is 12.1 Å². The maximum atomic E-state index is 11.8. The van der Waals surface area contributed by atoms with Crippen LogP contribution in [-0.4, -0.2) is 124 Å². The fourth-order valence-electron chi connectivity index (χ4n) is 2.46. The van der Waals surface area contributed by atoms with Crippen molar-refractivity contribution in [1.82, 2.24) is 26.0 Å². The lowest BCUT2D eigenvalue weighted by molar-refractivity contribution is -0.147. The molecule has 0 saturated heterocycles. The summed E-state index contributed by atoms with van der Waals surface area (Å²) in [6, 6.07) is 0. The molecular weight excluding hydrogens is 436 g/mol. The number of unbranched alkanes of at least 4 members (excludes halogenated alkanes) is 1. The Balaban J connectivity index is 3.56. The lowest BCUT2D eigenvalue weighted by Gasteiger charge is -2.18. The highest BCUT2D eigenvalue weighted by Crippen LogP contribution is 1.98. The van der Waals surface area contributed by atoms with Crippen LogP contribution in [0.2, 0.25) is 0 Å². The highest BCUT2D eigenvalue weighted by Gasteiger charge is 2.15. The normalized spacial score (nSPS) is 12.1. The van der Waals surface area contributed by atoms with Gasteiger partial charge in [-0.2, -0.15) is 0 Å². The van der Waals surface area contributed by atoms with Gasteiger partial charge in [-0.05, 0) is 12.8 Å². The van der Waals surface area contributed by atoms with Crippen molar-refractivity contribution < 1.29 is 29.3 Å². The van der Waals surface area contributed by atoms with Crippen molar-refractivity contribution in [2.24, 2.45) is 17.4 Å². The lowest BCUT2D eigenvalue weighted by atomic mass is 10.2. The summed E-state index contributed by atoms with van der Waals surface area (Å²) in [7, 11) is 0. The maximum absolute atomic E-state index is 11.8. The standard InChI is InChI=1S/C19H44N8O6/c20-4-11-26(21)12-9-24-7-5-23-6-8-25-10-13-27(22)19(31)33-16-17(29)15-32-18(30)3-1-2-14-28/h17,23-25,28-29H,1-16,20-22H2. The van der Waals surface area contributed by atoms with E-state index in [0.717, 1.165) is 37.7 Å². The van der Waals surface area contributed by atoms with Gasteiger partial charge in [-0.15, -0.1) is 0 Å². The van der Waals surface area contributed by atoms with Crippen molar-refractivity contribution in [2.45, 2.75) is 25.4 Å². The van der Waals surface area contributed by atoms with E-state index >= 15 is 0 Å². The van der Waals surface area contributed by atoms with Gasteiger partial charge in [-0.25, -0.2) is 20.7 Å². The Labute approximate surface area is 196 Å². The minimum atomic E-state index is -1.14. The number of amides is 1. The third-order valence-corrected chi connectivity index (χ3v) is 4.34. The molecule has 0 bridgehead atoms. The summed E-state index contributed by atoms with van der Waals surface area (Å²) in [5, 5.41) is 30.7. The molecule has 0 aromatic heterocycles. The van der Waals surface area contributed by atoms with Gasteiger partial charge in [0.25, 0.3) is 0 Å². The number of hydrogen-bond donors (Lipinski definition) is 8. The van der Waals surface area contributed by atoms with Crippen molar-refractivity contribution in [1.29, 1.82) is 0 Å². The van der Waals surface area contributed by atoms with Crippen LogP contribution in [0.5, 0.6) is 0 Å². The first-order valence-corrected chi connectivity index (χ1v) is 11.4. The summed E-state index contributed by atoms with van der Waals surface area (Å²) in [6.45, 7) is 5.99. The minimum Gasteiger partial charge on any atom is -0.463 e. The van der Waals surface area contributed by atoms with Crippen molar-refractivity contribution in [3.05, 3.63) is 0 Å². The van der Waals surface area contributed by atoms with E-state index in [-0.39, 0.29) is 32.8 Å². The van der Waals surface area contributed by atoms with E-state index in [1.807, 2.05) is 0 Å². The summed E-state index contributed by atoms with van der Waals surface area (Å²) < 4.78 is 9.75. The average Bonchev–Trinajstić information content (AvgIpc) is 2.79. The molecule has 0 saturated carbocycles. The second kappa shape index (κ2) is 22.2. The number of nitrogens with one attached hydrogen (secondary N) is 3. The average molecular weight is 481 g/mol. The molecule has 11 N–H and O–H groups in total. The second-order valence-electron chi connectivity index (χ2n) is 7.36. The Morgan fingerprint density at radius 2 is 1.42 bits per heavy atom. The molecule has 0 aliphatic carbocycles. The third-order valence-electron chi connectivity index (χ3n) is 4.34. The number of nitrogens with two attached hydrogens (primary N) is 3. The van der Waals surface area contributed by atoms with Crippen molar-refractivity contribution in [3.8, 4) is 0 Å². The SMILES string of the molecule is NCCN(N)CCNCCNCCNCCN(N)C(=O)OCC(O)COC(=O)CCCCO. The molecular formula is C19H44N8O6. The number of nitrogens with zero attached hydrogens (tertiary/aromatic N) is 2. The van der Waals surface area contributed by atoms with Crippen LogP contribution in [0.3, 0.4) is 0 Å². The van der Waals surface area contributed by atoms with Crippen LogP contribution in [-0.2, 0) is 14.3 Å². The Hall–Kier alpha value is -1.62. The van der Waals surface area contributed by atoms with Crippen LogP contribution < -0.4 is 33.4 Å². The smallest absolute Gasteiger partial charge is 0.424 e. The molecule has 0 aromatic carbocycles. The van der Waals surface area contributed by atoms with E-state index in [2.05, 4.69) is 16.0 Å². The Kier molecular flexibility index (Phi) is 21.1. The van der Waals surface area contributed by atoms with Crippen LogP contribution in [0.15, 0.2) is 0 Å². The molecule has 0 aliphatic heterocycles. The number of rotatable bonds is 22. The Bertz CT molecular complexity index is 491. The van der Waals surface area contributed by atoms with Crippen LogP contribution in [0.4, 0.5) is 4.79 Å². The molecule has 1 amide bonds. The molecule has 33 heavy (non-hydrogen) atoms. The predicted octanol–water partition coefficient (Wildman–Crippen LogP) is -3.73. The molecule has 0 aromatic rings.